The zero-order valence-electron chi connectivity index (χ0n) is 8.62. The fraction of sp³-hybridized carbons (Fsp3) is 0.500. The molecule has 1 aromatic carbocycles. The van der Waals surface area contributed by atoms with Crippen molar-refractivity contribution >= 4 is 0 Å². The fourth-order valence-electron chi connectivity index (χ4n) is 1.94. The topological polar surface area (TPSA) is 40.5 Å². The first-order valence-corrected chi connectivity index (χ1v) is 5.15. The molecule has 0 saturated heterocycles. The molecule has 1 saturated carbocycles. The zero-order valence-corrected chi connectivity index (χ0v) is 8.62. The Balaban J connectivity index is 2.53. The molecule has 0 aliphatic heterocycles. The minimum absolute atomic E-state index is 0.163. The number of phenolic OH excluding ortho intramolecular Hbond substituents is 2. The van der Waals surface area contributed by atoms with Gasteiger partial charge < -0.3 is 10.2 Å². The number of rotatable bonds is 2. The second kappa shape index (κ2) is 3.19. The van der Waals surface area contributed by atoms with Crippen molar-refractivity contribution in [2.24, 2.45) is 0 Å². The van der Waals surface area contributed by atoms with Gasteiger partial charge in [-0.2, -0.15) is 0 Å². The molecule has 2 nitrogen and oxygen atoms in total. The highest BCUT2D eigenvalue weighted by atomic mass is 16.3. The number of hydrogen-bond donors (Lipinski definition) is 2. The van der Waals surface area contributed by atoms with Gasteiger partial charge in [0, 0.05) is 11.6 Å². The summed E-state index contributed by atoms with van der Waals surface area (Å²) in [7, 11) is 0. The monoisotopic (exact) mass is 192 g/mol. The molecule has 0 heterocycles. The molecule has 1 fully saturated rings. The van der Waals surface area contributed by atoms with E-state index in [9.17, 15) is 10.2 Å². The summed E-state index contributed by atoms with van der Waals surface area (Å²) in [5, 5.41) is 19.2. The standard InChI is InChI=1S/C12H16O2/c1-7(2)10-5-9(13)6-11(14)12(10)8-3-4-8/h5-8,13-14H,3-4H2,1-2H3. The van der Waals surface area contributed by atoms with Crippen molar-refractivity contribution in [2.45, 2.75) is 38.5 Å². The molecule has 1 aliphatic rings. The number of phenols is 2. The van der Waals surface area contributed by atoms with Gasteiger partial charge >= 0.3 is 0 Å². The van der Waals surface area contributed by atoms with Crippen LogP contribution in [0.5, 0.6) is 11.5 Å². The molecule has 0 aromatic heterocycles. The molecule has 76 valence electrons. The molecule has 2 heteroatoms. The lowest BCUT2D eigenvalue weighted by atomic mass is 9.93. The SMILES string of the molecule is CC(C)c1cc(O)cc(O)c1C1CC1. The van der Waals surface area contributed by atoms with Gasteiger partial charge in [0.1, 0.15) is 11.5 Å². The lowest BCUT2D eigenvalue weighted by Gasteiger charge is -2.14. The summed E-state index contributed by atoms with van der Waals surface area (Å²) in [5.74, 6) is 1.29. The van der Waals surface area contributed by atoms with Crippen LogP contribution >= 0.6 is 0 Å². The Morgan fingerprint density at radius 2 is 1.86 bits per heavy atom. The van der Waals surface area contributed by atoms with Crippen molar-refractivity contribution in [3.63, 3.8) is 0 Å². The van der Waals surface area contributed by atoms with Crippen LogP contribution in [-0.2, 0) is 0 Å². The number of aromatic hydroxyl groups is 2. The molecule has 0 radical (unpaired) electrons. The van der Waals surface area contributed by atoms with E-state index in [1.54, 1.807) is 6.07 Å². The van der Waals surface area contributed by atoms with Gasteiger partial charge in [0.05, 0.1) is 0 Å². The summed E-state index contributed by atoms with van der Waals surface area (Å²) in [4.78, 5) is 0. The van der Waals surface area contributed by atoms with Crippen molar-refractivity contribution in [1.82, 2.24) is 0 Å². The normalized spacial score (nSPS) is 16.2. The maximum absolute atomic E-state index is 9.77. The van der Waals surface area contributed by atoms with E-state index in [0.29, 0.717) is 11.8 Å². The van der Waals surface area contributed by atoms with Gasteiger partial charge in [0.25, 0.3) is 0 Å². The van der Waals surface area contributed by atoms with Crippen LogP contribution in [0.15, 0.2) is 12.1 Å². The average Bonchev–Trinajstić information content (AvgIpc) is 2.85. The number of benzene rings is 1. The smallest absolute Gasteiger partial charge is 0.123 e. The van der Waals surface area contributed by atoms with Crippen LogP contribution in [0.2, 0.25) is 0 Å². The highest BCUT2D eigenvalue weighted by Crippen LogP contribution is 2.48. The lowest BCUT2D eigenvalue weighted by Crippen LogP contribution is -1.95. The Morgan fingerprint density at radius 1 is 1.21 bits per heavy atom. The van der Waals surface area contributed by atoms with Gasteiger partial charge in [0.15, 0.2) is 0 Å². The molecule has 1 aliphatic carbocycles. The Labute approximate surface area is 84.2 Å². The summed E-state index contributed by atoms with van der Waals surface area (Å²) in [5.41, 5.74) is 2.14. The van der Waals surface area contributed by atoms with Gasteiger partial charge in [-0.25, -0.2) is 0 Å². The maximum Gasteiger partial charge on any atom is 0.123 e. The zero-order chi connectivity index (χ0) is 10.3. The molecule has 1 aromatic rings. The van der Waals surface area contributed by atoms with Crippen molar-refractivity contribution in [2.75, 3.05) is 0 Å². The van der Waals surface area contributed by atoms with E-state index in [2.05, 4.69) is 13.8 Å². The highest BCUT2D eigenvalue weighted by molar-refractivity contribution is 5.49. The van der Waals surface area contributed by atoms with Crippen molar-refractivity contribution < 1.29 is 10.2 Å². The van der Waals surface area contributed by atoms with Gasteiger partial charge in [-0.1, -0.05) is 13.8 Å². The molecule has 0 bridgehead atoms. The van der Waals surface area contributed by atoms with E-state index >= 15 is 0 Å². The predicted molar refractivity (Wildman–Crippen MR) is 55.8 cm³/mol. The Bertz CT molecular complexity index is 352. The van der Waals surface area contributed by atoms with Crippen LogP contribution in [0.25, 0.3) is 0 Å². The quantitative estimate of drug-likeness (QED) is 0.755. The van der Waals surface area contributed by atoms with E-state index < -0.39 is 0 Å². The van der Waals surface area contributed by atoms with Crippen molar-refractivity contribution in [1.29, 1.82) is 0 Å². The maximum atomic E-state index is 9.77. The highest BCUT2D eigenvalue weighted by Gasteiger charge is 2.29. The van der Waals surface area contributed by atoms with Gasteiger partial charge in [-0.15, -0.1) is 0 Å². The van der Waals surface area contributed by atoms with E-state index in [1.165, 1.54) is 6.07 Å². The molecule has 2 N–H and O–H groups in total. The average molecular weight is 192 g/mol. The minimum Gasteiger partial charge on any atom is -0.508 e. The van der Waals surface area contributed by atoms with Gasteiger partial charge in [0.2, 0.25) is 0 Å². The Kier molecular flexibility index (Phi) is 2.14. The minimum atomic E-state index is 0.163. The van der Waals surface area contributed by atoms with Crippen LogP contribution < -0.4 is 0 Å². The second-order valence-corrected chi connectivity index (χ2v) is 4.40. The van der Waals surface area contributed by atoms with Crippen LogP contribution in [0, 0.1) is 0 Å². The Hall–Kier alpha value is -1.18. The van der Waals surface area contributed by atoms with Crippen LogP contribution in [0.4, 0.5) is 0 Å². The fourth-order valence-corrected chi connectivity index (χ4v) is 1.94. The van der Waals surface area contributed by atoms with Gasteiger partial charge in [-0.3, -0.25) is 0 Å². The molecule has 0 amide bonds. The van der Waals surface area contributed by atoms with Crippen molar-refractivity contribution in [3.05, 3.63) is 23.3 Å². The molecule has 0 spiro atoms. The third kappa shape index (κ3) is 1.57. The van der Waals surface area contributed by atoms with Crippen LogP contribution in [-0.4, -0.2) is 10.2 Å². The lowest BCUT2D eigenvalue weighted by molar-refractivity contribution is 0.443. The van der Waals surface area contributed by atoms with Gasteiger partial charge in [-0.05, 0) is 36.3 Å². The van der Waals surface area contributed by atoms with E-state index in [4.69, 9.17) is 0 Å². The van der Waals surface area contributed by atoms with Crippen LogP contribution in [0.1, 0.15) is 49.7 Å². The molecular formula is C12H16O2. The van der Waals surface area contributed by atoms with E-state index in [1.807, 2.05) is 0 Å². The molecular weight excluding hydrogens is 176 g/mol. The molecule has 0 unspecified atom stereocenters. The second-order valence-electron chi connectivity index (χ2n) is 4.40. The summed E-state index contributed by atoms with van der Waals surface area (Å²) >= 11 is 0. The summed E-state index contributed by atoms with van der Waals surface area (Å²) < 4.78 is 0. The van der Waals surface area contributed by atoms with Crippen molar-refractivity contribution in [3.8, 4) is 11.5 Å². The third-order valence-electron chi connectivity index (χ3n) is 2.78. The Morgan fingerprint density at radius 3 is 2.36 bits per heavy atom. The van der Waals surface area contributed by atoms with E-state index in [0.717, 1.165) is 24.0 Å². The summed E-state index contributed by atoms with van der Waals surface area (Å²) in [6.07, 6.45) is 2.33. The molecule has 14 heavy (non-hydrogen) atoms. The first-order valence-electron chi connectivity index (χ1n) is 5.15. The van der Waals surface area contributed by atoms with E-state index in [-0.39, 0.29) is 11.5 Å². The summed E-state index contributed by atoms with van der Waals surface area (Å²) in [6.45, 7) is 4.17. The molecule has 2 rings (SSSR count). The number of hydrogen-bond acceptors (Lipinski definition) is 2. The first kappa shape index (κ1) is 9.38. The largest absolute Gasteiger partial charge is 0.508 e. The summed E-state index contributed by atoms with van der Waals surface area (Å²) in [6, 6.07) is 3.22. The first-order chi connectivity index (χ1) is 6.59. The molecule has 0 atom stereocenters. The predicted octanol–water partition coefficient (Wildman–Crippen LogP) is 3.10. The van der Waals surface area contributed by atoms with Crippen LogP contribution in [0.3, 0.4) is 0 Å². The third-order valence-corrected chi connectivity index (χ3v) is 2.78.